The zero-order valence-electron chi connectivity index (χ0n) is 17.1. The van der Waals surface area contributed by atoms with Gasteiger partial charge in [-0.15, -0.1) is 6.42 Å². The minimum atomic E-state index is -1.23. The van der Waals surface area contributed by atoms with Crippen molar-refractivity contribution in [3.63, 3.8) is 0 Å². The highest BCUT2D eigenvalue weighted by Crippen LogP contribution is 2.66. The van der Waals surface area contributed by atoms with Crippen molar-refractivity contribution < 1.29 is 22.7 Å². The van der Waals surface area contributed by atoms with Gasteiger partial charge in [0.25, 0.3) is 0 Å². The Morgan fingerprint density at radius 2 is 2.16 bits per heavy atom. The minimum Gasteiger partial charge on any atom is -0.463 e. The molecule has 1 aromatic heterocycles. The maximum Gasteiger partial charge on any atom is 0.233 e. The first-order chi connectivity index (χ1) is 15.2. The maximum atomic E-state index is 14.8. The van der Waals surface area contributed by atoms with Gasteiger partial charge >= 0.3 is 0 Å². The molecule has 2 heterocycles. The first-order valence-corrected chi connectivity index (χ1v) is 10.5. The highest BCUT2D eigenvalue weighted by molar-refractivity contribution is 8.15. The number of ketones is 1. The van der Waals surface area contributed by atoms with Crippen molar-refractivity contribution in [2.24, 2.45) is 16.6 Å². The van der Waals surface area contributed by atoms with Crippen LogP contribution < -0.4 is 10.5 Å². The molecular weight excluding hydrogens is 441 g/mol. The Hall–Kier alpha value is -3.06. The molecule has 2 N–H and O–H groups in total. The van der Waals surface area contributed by atoms with Crippen LogP contribution in [0.4, 0.5) is 13.2 Å². The maximum absolute atomic E-state index is 14.8. The number of nitrogens with two attached hydrogens (primary N) is 1. The van der Waals surface area contributed by atoms with E-state index in [9.17, 15) is 18.0 Å². The molecule has 1 aliphatic heterocycles. The quantitative estimate of drug-likeness (QED) is 0.504. The molecule has 32 heavy (non-hydrogen) atoms. The van der Waals surface area contributed by atoms with Gasteiger partial charge in [0.1, 0.15) is 12.4 Å². The summed E-state index contributed by atoms with van der Waals surface area (Å²) < 4.78 is 47.4. The SMILES string of the molecule is C#CCOc1cnc(C(=O)Cc2cc(F)c(F)c([C@@]3(C)N=C(N)S[C@@]4(CF)C[C@H]43)c2)cn1. The number of thioether (sulfide) groups is 1. The lowest BCUT2D eigenvalue weighted by Gasteiger charge is -2.33. The zero-order chi connectivity index (χ0) is 23.1. The summed E-state index contributed by atoms with van der Waals surface area (Å²) in [5, 5.41) is 0.127. The van der Waals surface area contributed by atoms with E-state index in [0.717, 1.165) is 17.8 Å². The number of halogens is 3. The Bertz CT molecular complexity index is 1150. The third-order valence-electron chi connectivity index (χ3n) is 5.79. The monoisotopic (exact) mass is 460 g/mol. The van der Waals surface area contributed by atoms with E-state index in [-0.39, 0.29) is 46.8 Å². The zero-order valence-corrected chi connectivity index (χ0v) is 17.9. The van der Waals surface area contributed by atoms with Crippen LogP contribution >= 0.6 is 11.8 Å². The van der Waals surface area contributed by atoms with E-state index in [0.29, 0.717) is 6.42 Å². The van der Waals surface area contributed by atoms with Gasteiger partial charge in [0.2, 0.25) is 5.88 Å². The lowest BCUT2D eigenvalue weighted by atomic mass is 9.84. The molecule has 4 rings (SSSR count). The van der Waals surface area contributed by atoms with E-state index in [4.69, 9.17) is 16.9 Å². The molecule has 1 fully saturated rings. The lowest BCUT2D eigenvalue weighted by Crippen LogP contribution is -2.37. The number of terminal acetylenes is 1. The summed E-state index contributed by atoms with van der Waals surface area (Å²) >= 11 is 1.13. The van der Waals surface area contributed by atoms with Gasteiger partial charge in [-0.05, 0) is 31.0 Å². The normalized spacial score (nSPS) is 26.0. The molecule has 0 radical (unpaired) electrons. The van der Waals surface area contributed by atoms with Crippen molar-refractivity contribution in [3.8, 4) is 18.2 Å². The molecule has 0 bridgehead atoms. The molecule has 3 atom stereocenters. The fourth-order valence-electron chi connectivity index (χ4n) is 4.11. The van der Waals surface area contributed by atoms with E-state index >= 15 is 0 Å². The third-order valence-corrected chi connectivity index (χ3v) is 7.06. The average molecular weight is 460 g/mol. The van der Waals surface area contributed by atoms with Crippen LogP contribution in [0.5, 0.6) is 5.88 Å². The topological polar surface area (TPSA) is 90.5 Å². The van der Waals surface area contributed by atoms with E-state index in [2.05, 4.69) is 20.9 Å². The average Bonchev–Trinajstić information content (AvgIpc) is 3.50. The molecule has 0 amide bonds. The second-order valence-corrected chi connectivity index (χ2v) is 9.36. The van der Waals surface area contributed by atoms with Gasteiger partial charge in [-0.2, -0.15) is 0 Å². The van der Waals surface area contributed by atoms with Crippen molar-refractivity contribution in [2.45, 2.75) is 30.1 Å². The number of benzene rings is 1. The number of aliphatic imine (C=N–C) groups is 1. The predicted molar refractivity (Wildman–Crippen MR) is 114 cm³/mol. The number of alkyl halides is 1. The molecular formula is C22H19F3N4O2S. The van der Waals surface area contributed by atoms with E-state index in [1.54, 1.807) is 6.92 Å². The fourth-order valence-corrected chi connectivity index (χ4v) is 5.44. The number of ether oxygens (including phenoxy) is 1. The van der Waals surface area contributed by atoms with Gasteiger partial charge in [-0.1, -0.05) is 17.7 Å². The molecule has 0 spiro atoms. The Kier molecular flexibility index (Phi) is 5.63. The standard InChI is InChI=1S/C22H19F3N4O2S/c1-3-4-31-18-10-27-15(9-28-18)16(30)7-12-5-13(19(25)14(24)6-12)21(2)17-8-22(17,11-23)32-20(26)29-21/h1,5-6,9-10,17H,4,7-8,11H2,2H3,(H2,26,29)/t17-,21+,22+/m0/s1. The number of nitrogens with zero attached hydrogens (tertiary/aromatic N) is 3. The summed E-state index contributed by atoms with van der Waals surface area (Å²) in [4.78, 5) is 24.9. The highest BCUT2D eigenvalue weighted by atomic mass is 32.2. The van der Waals surface area contributed by atoms with Crippen LogP contribution in [-0.2, 0) is 12.0 Å². The molecule has 1 saturated carbocycles. The summed E-state index contributed by atoms with van der Waals surface area (Å²) in [5.41, 5.74) is 4.87. The van der Waals surface area contributed by atoms with Crippen molar-refractivity contribution in [3.05, 3.63) is 53.0 Å². The van der Waals surface area contributed by atoms with Crippen molar-refractivity contribution in [1.29, 1.82) is 0 Å². The summed E-state index contributed by atoms with van der Waals surface area (Å²) in [7, 11) is 0. The van der Waals surface area contributed by atoms with E-state index < -0.39 is 34.4 Å². The van der Waals surface area contributed by atoms with Crippen LogP contribution in [0, 0.1) is 29.9 Å². The minimum absolute atomic E-state index is 0.00849. The van der Waals surface area contributed by atoms with Crippen LogP contribution in [0.15, 0.2) is 29.5 Å². The van der Waals surface area contributed by atoms with Crippen LogP contribution in [0.2, 0.25) is 0 Å². The van der Waals surface area contributed by atoms with Crippen molar-refractivity contribution in [1.82, 2.24) is 9.97 Å². The second kappa shape index (κ2) is 8.13. The van der Waals surface area contributed by atoms with Crippen molar-refractivity contribution in [2.75, 3.05) is 13.3 Å². The van der Waals surface area contributed by atoms with Gasteiger partial charge in [-0.25, -0.2) is 23.1 Å². The number of amidine groups is 1. The first-order valence-electron chi connectivity index (χ1n) is 9.72. The molecule has 0 saturated heterocycles. The molecule has 10 heteroatoms. The molecule has 1 aliphatic carbocycles. The number of Topliss-reactive ketones (excluding diaryl/α,β-unsaturated/α-hetero) is 1. The van der Waals surface area contributed by atoms with Crippen LogP contribution in [0.1, 0.15) is 35.0 Å². The molecule has 2 aliphatic rings. The van der Waals surface area contributed by atoms with Gasteiger partial charge in [0, 0.05) is 17.9 Å². The van der Waals surface area contributed by atoms with Gasteiger partial charge in [0.05, 0.1) is 22.7 Å². The van der Waals surface area contributed by atoms with E-state index in [1.165, 1.54) is 18.5 Å². The molecule has 0 unspecified atom stereocenters. The first kappa shape index (κ1) is 22.1. The van der Waals surface area contributed by atoms with E-state index in [1.807, 2.05) is 0 Å². The number of carbonyl (C=O) groups is 1. The Morgan fingerprint density at radius 3 is 2.81 bits per heavy atom. The number of rotatable bonds is 7. The summed E-state index contributed by atoms with van der Waals surface area (Å²) in [6, 6.07) is 2.35. The van der Waals surface area contributed by atoms with Gasteiger partial charge < -0.3 is 10.5 Å². The summed E-state index contributed by atoms with van der Waals surface area (Å²) in [6.45, 7) is 0.982. The third kappa shape index (κ3) is 3.81. The Balaban J connectivity index is 1.62. The molecule has 166 valence electrons. The van der Waals surface area contributed by atoms with Crippen LogP contribution in [0.25, 0.3) is 0 Å². The highest BCUT2D eigenvalue weighted by Gasteiger charge is 2.66. The largest absolute Gasteiger partial charge is 0.463 e. The smallest absolute Gasteiger partial charge is 0.233 e. The fraction of sp³-hybridized carbons (Fsp3) is 0.364. The van der Waals surface area contributed by atoms with Crippen LogP contribution in [-0.4, -0.2) is 38.9 Å². The van der Waals surface area contributed by atoms with Gasteiger partial charge in [0.15, 0.2) is 29.2 Å². The summed E-state index contributed by atoms with van der Waals surface area (Å²) in [6.07, 6.45) is 7.78. The van der Waals surface area contributed by atoms with Crippen molar-refractivity contribution >= 4 is 22.7 Å². The number of hydrogen-bond donors (Lipinski definition) is 1. The number of hydrogen-bond acceptors (Lipinski definition) is 7. The molecule has 6 nitrogen and oxygen atoms in total. The Labute approximate surface area is 186 Å². The lowest BCUT2D eigenvalue weighted by molar-refractivity contribution is 0.0987. The predicted octanol–water partition coefficient (Wildman–Crippen LogP) is 3.20. The molecule has 1 aromatic carbocycles. The van der Waals surface area contributed by atoms with Crippen LogP contribution in [0.3, 0.4) is 0 Å². The number of aromatic nitrogens is 2. The Morgan fingerprint density at radius 1 is 1.38 bits per heavy atom. The van der Waals surface area contributed by atoms with Gasteiger partial charge in [-0.3, -0.25) is 9.79 Å². The summed E-state index contributed by atoms with van der Waals surface area (Å²) in [5.74, 6) is -0.537. The molecule has 2 aromatic rings. The number of fused-ring (bicyclic) bond motifs is 1. The number of carbonyl (C=O) groups excluding carboxylic acids is 1. The second-order valence-electron chi connectivity index (χ2n) is 7.93.